The Morgan fingerprint density at radius 3 is 3.06 bits per heavy atom. The number of phenols is 1. The lowest BCUT2D eigenvalue weighted by Crippen LogP contribution is -2.26. The van der Waals surface area contributed by atoms with Crippen molar-refractivity contribution in [2.75, 3.05) is 6.54 Å². The molecule has 0 aliphatic carbocycles. The van der Waals surface area contributed by atoms with Gasteiger partial charge in [0.15, 0.2) is 5.82 Å². The zero-order valence-corrected chi connectivity index (χ0v) is 10.0. The molecule has 1 heterocycles. The van der Waals surface area contributed by atoms with Gasteiger partial charge in [0.25, 0.3) is 5.91 Å². The van der Waals surface area contributed by atoms with Crippen molar-refractivity contribution < 1.29 is 14.4 Å². The second-order valence-electron chi connectivity index (χ2n) is 3.52. The first-order valence-electron chi connectivity index (χ1n) is 5.19. The molecule has 18 heavy (non-hydrogen) atoms. The molecule has 0 aliphatic rings. The van der Waals surface area contributed by atoms with Crippen LogP contribution in [0, 0.1) is 0 Å². The summed E-state index contributed by atoms with van der Waals surface area (Å²) in [4.78, 5) is 15.6. The summed E-state index contributed by atoms with van der Waals surface area (Å²) in [7, 11) is 0. The first kappa shape index (κ1) is 12.4. The average molecular weight is 268 g/mol. The Morgan fingerprint density at radius 1 is 1.50 bits per heavy atom. The third-order valence-corrected chi connectivity index (χ3v) is 2.57. The van der Waals surface area contributed by atoms with Gasteiger partial charge in [-0.2, -0.15) is 4.98 Å². The lowest BCUT2D eigenvalue weighted by molar-refractivity contribution is 0.0953. The van der Waals surface area contributed by atoms with E-state index in [0.717, 1.165) is 0 Å². The van der Waals surface area contributed by atoms with Crippen LogP contribution in [0.4, 0.5) is 0 Å². The van der Waals surface area contributed by atoms with Crippen molar-refractivity contribution in [3.8, 4) is 5.75 Å². The number of amides is 1. The molecule has 0 fully saturated rings. The molecule has 0 spiro atoms. The van der Waals surface area contributed by atoms with Gasteiger partial charge in [-0.25, -0.2) is 0 Å². The van der Waals surface area contributed by atoms with Crippen LogP contribution < -0.4 is 5.32 Å². The number of halogens is 1. The molecule has 1 amide bonds. The smallest absolute Gasteiger partial charge is 0.252 e. The standard InChI is InChI=1S/C11H10ClN3O3/c12-9-2-1-7(16)5-8(9)11(17)13-4-3-10-14-6-18-15-10/h1-2,5-6,16H,3-4H2,(H,13,17). The molecule has 0 saturated carbocycles. The van der Waals surface area contributed by atoms with Gasteiger partial charge in [0.1, 0.15) is 5.75 Å². The quantitative estimate of drug-likeness (QED) is 0.874. The highest BCUT2D eigenvalue weighted by Crippen LogP contribution is 2.20. The lowest BCUT2D eigenvalue weighted by Gasteiger charge is -2.05. The molecule has 0 radical (unpaired) electrons. The molecule has 0 saturated heterocycles. The van der Waals surface area contributed by atoms with E-state index in [4.69, 9.17) is 11.6 Å². The van der Waals surface area contributed by atoms with Gasteiger partial charge < -0.3 is 14.9 Å². The van der Waals surface area contributed by atoms with Crippen LogP contribution in [-0.4, -0.2) is 27.7 Å². The van der Waals surface area contributed by atoms with Crippen molar-refractivity contribution in [1.29, 1.82) is 0 Å². The fraction of sp³-hybridized carbons (Fsp3) is 0.182. The van der Waals surface area contributed by atoms with Gasteiger partial charge in [-0.1, -0.05) is 16.8 Å². The summed E-state index contributed by atoms with van der Waals surface area (Å²) in [5, 5.41) is 15.8. The van der Waals surface area contributed by atoms with Gasteiger partial charge in [0, 0.05) is 13.0 Å². The fourth-order valence-corrected chi connectivity index (χ4v) is 1.58. The molecule has 2 aromatic rings. The van der Waals surface area contributed by atoms with Crippen LogP contribution in [0.25, 0.3) is 0 Å². The molecular formula is C11H10ClN3O3. The molecular weight excluding hydrogens is 258 g/mol. The van der Waals surface area contributed by atoms with Gasteiger partial charge >= 0.3 is 0 Å². The van der Waals surface area contributed by atoms with E-state index in [1.165, 1.54) is 24.6 Å². The number of aromatic nitrogens is 2. The second kappa shape index (κ2) is 5.50. The maximum absolute atomic E-state index is 11.8. The van der Waals surface area contributed by atoms with E-state index >= 15 is 0 Å². The van der Waals surface area contributed by atoms with Crippen LogP contribution in [-0.2, 0) is 6.42 Å². The van der Waals surface area contributed by atoms with E-state index in [2.05, 4.69) is 20.0 Å². The highest BCUT2D eigenvalue weighted by Gasteiger charge is 2.11. The third kappa shape index (κ3) is 2.98. The SMILES string of the molecule is O=C(NCCc1ncon1)c1cc(O)ccc1Cl. The highest BCUT2D eigenvalue weighted by molar-refractivity contribution is 6.33. The van der Waals surface area contributed by atoms with Gasteiger partial charge in [0.2, 0.25) is 6.39 Å². The van der Waals surface area contributed by atoms with Crippen LogP contribution in [0.5, 0.6) is 5.75 Å². The minimum atomic E-state index is -0.362. The molecule has 0 unspecified atom stereocenters. The van der Waals surface area contributed by atoms with E-state index < -0.39 is 0 Å². The van der Waals surface area contributed by atoms with Crippen molar-refractivity contribution in [1.82, 2.24) is 15.5 Å². The first-order chi connectivity index (χ1) is 8.66. The molecule has 2 rings (SSSR count). The Balaban J connectivity index is 1.93. The van der Waals surface area contributed by atoms with Gasteiger partial charge in [0.05, 0.1) is 10.6 Å². The Hall–Kier alpha value is -2.08. The predicted octanol–water partition coefficient (Wildman–Crippen LogP) is 1.40. The number of nitrogens with zero attached hydrogens (tertiary/aromatic N) is 2. The molecule has 1 aromatic heterocycles. The van der Waals surface area contributed by atoms with Gasteiger partial charge in [-0.05, 0) is 18.2 Å². The summed E-state index contributed by atoms with van der Waals surface area (Å²) in [5.41, 5.74) is 0.227. The topological polar surface area (TPSA) is 88.3 Å². The Kier molecular flexibility index (Phi) is 3.78. The second-order valence-corrected chi connectivity index (χ2v) is 3.92. The number of benzene rings is 1. The summed E-state index contributed by atoms with van der Waals surface area (Å²) >= 11 is 5.86. The van der Waals surface area contributed by atoms with E-state index in [-0.39, 0.29) is 22.2 Å². The lowest BCUT2D eigenvalue weighted by atomic mass is 10.2. The molecule has 94 valence electrons. The summed E-state index contributed by atoms with van der Waals surface area (Å²) in [6.07, 6.45) is 1.68. The Morgan fingerprint density at radius 2 is 2.33 bits per heavy atom. The van der Waals surface area contributed by atoms with E-state index in [1.807, 2.05) is 0 Å². The minimum absolute atomic E-state index is 0.0114. The zero-order valence-electron chi connectivity index (χ0n) is 9.26. The van der Waals surface area contributed by atoms with E-state index in [0.29, 0.717) is 18.8 Å². The number of nitrogens with one attached hydrogen (secondary N) is 1. The summed E-state index contributed by atoms with van der Waals surface area (Å²) in [6.45, 7) is 0.352. The third-order valence-electron chi connectivity index (χ3n) is 2.24. The van der Waals surface area contributed by atoms with Crippen molar-refractivity contribution in [3.63, 3.8) is 0 Å². The molecule has 0 bridgehead atoms. The van der Waals surface area contributed by atoms with Crippen LogP contribution in [0.1, 0.15) is 16.2 Å². The molecule has 7 heteroatoms. The molecule has 0 aliphatic heterocycles. The zero-order chi connectivity index (χ0) is 13.0. The predicted molar refractivity (Wildman–Crippen MR) is 63.5 cm³/mol. The number of rotatable bonds is 4. The fourth-order valence-electron chi connectivity index (χ4n) is 1.37. The van der Waals surface area contributed by atoms with Gasteiger partial charge in [-0.3, -0.25) is 4.79 Å². The van der Waals surface area contributed by atoms with Crippen LogP contribution in [0.15, 0.2) is 29.1 Å². The average Bonchev–Trinajstić information content (AvgIpc) is 2.85. The van der Waals surface area contributed by atoms with Crippen molar-refractivity contribution >= 4 is 17.5 Å². The number of hydrogen-bond acceptors (Lipinski definition) is 5. The maximum atomic E-state index is 11.8. The highest BCUT2D eigenvalue weighted by atomic mass is 35.5. The van der Waals surface area contributed by atoms with E-state index in [9.17, 15) is 9.90 Å². The van der Waals surface area contributed by atoms with Crippen LogP contribution in [0.3, 0.4) is 0 Å². The summed E-state index contributed by atoms with van der Waals surface area (Å²) in [6, 6.07) is 4.19. The summed E-state index contributed by atoms with van der Waals surface area (Å²) in [5.74, 6) is 0.138. The minimum Gasteiger partial charge on any atom is -0.508 e. The van der Waals surface area contributed by atoms with Crippen molar-refractivity contribution in [2.45, 2.75) is 6.42 Å². The molecule has 0 atom stereocenters. The first-order valence-corrected chi connectivity index (χ1v) is 5.56. The largest absolute Gasteiger partial charge is 0.508 e. The van der Waals surface area contributed by atoms with Gasteiger partial charge in [-0.15, -0.1) is 0 Å². The monoisotopic (exact) mass is 267 g/mol. The number of carbonyl (C=O) groups excluding carboxylic acids is 1. The maximum Gasteiger partial charge on any atom is 0.252 e. The van der Waals surface area contributed by atoms with Crippen LogP contribution in [0.2, 0.25) is 5.02 Å². The number of aromatic hydroxyl groups is 1. The van der Waals surface area contributed by atoms with Crippen LogP contribution >= 0.6 is 11.6 Å². The number of carbonyl (C=O) groups is 1. The molecule has 1 aromatic carbocycles. The Labute approximate surface area is 108 Å². The molecule has 2 N–H and O–H groups in total. The van der Waals surface area contributed by atoms with Crippen molar-refractivity contribution in [2.24, 2.45) is 0 Å². The normalized spacial score (nSPS) is 10.3. The Bertz CT molecular complexity index is 542. The number of phenolic OH excluding ortho intramolecular Hbond substituents is 1. The summed E-state index contributed by atoms with van der Waals surface area (Å²) < 4.78 is 4.56. The molecule has 6 nitrogen and oxygen atoms in total. The van der Waals surface area contributed by atoms with Crippen molar-refractivity contribution in [3.05, 3.63) is 41.0 Å². The number of hydrogen-bond donors (Lipinski definition) is 2. The van der Waals surface area contributed by atoms with E-state index in [1.54, 1.807) is 0 Å².